The van der Waals surface area contributed by atoms with Gasteiger partial charge in [-0.1, -0.05) is 0 Å². The molecule has 2 fully saturated rings. The second-order valence-corrected chi connectivity index (χ2v) is 4.08. The number of rotatable bonds is 2. The molecule has 13 heavy (non-hydrogen) atoms. The highest BCUT2D eigenvalue weighted by atomic mass is 16.2. The third-order valence-electron chi connectivity index (χ3n) is 3.45. The first-order valence-corrected chi connectivity index (χ1v) is 5.30. The minimum atomic E-state index is 0.258. The van der Waals surface area contributed by atoms with E-state index in [0.717, 1.165) is 19.6 Å². The summed E-state index contributed by atoms with van der Waals surface area (Å²) < 4.78 is 0. The van der Waals surface area contributed by atoms with Crippen LogP contribution in [0, 0.1) is 0 Å². The molecular weight excluding hydrogens is 164 g/mol. The van der Waals surface area contributed by atoms with E-state index in [1.165, 1.54) is 19.3 Å². The third kappa shape index (κ3) is 1.21. The lowest BCUT2D eigenvalue weighted by atomic mass is 10.1. The van der Waals surface area contributed by atoms with Crippen molar-refractivity contribution in [2.75, 3.05) is 19.6 Å². The Morgan fingerprint density at radius 1 is 1.23 bits per heavy atom. The van der Waals surface area contributed by atoms with Crippen LogP contribution in [0.15, 0.2) is 0 Å². The molecule has 0 aromatic rings. The van der Waals surface area contributed by atoms with Gasteiger partial charge in [0, 0.05) is 25.2 Å². The molecule has 0 aromatic heterocycles. The van der Waals surface area contributed by atoms with Gasteiger partial charge in [-0.3, -0.25) is 0 Å². The summed E-state index contributed by atoms with van der Waals surface area (Å²) in [6.07, 6.45) is 3.63. The molecule has 0 aromatic carbocycles. The Kier molecular flexibility index (Phi) is 1.97. The first-order chi connectivity index (χ1) is 6.23. The molecule has 1 aliphatic carbocycles. The van der Waals surface area contributed by atoms with E-state index in [2.05, 4.69) is 18.7 Å². The molecule has 2 aliphatic rings. The summed E-state index contributed by atoms with van der Waals surface area (Å²) in [6, 6.07) is 0.258. The minimum Gasteiger partial charge on any atom is -0.325 e. The van der Waals surface area contributed by atoms with Gasteiger partial charge in [0.05, 0.1) is 0 Å². The molecule has 1 saturated heterocycles. The van der Waals surface area contributed by atoms with Crippen LogP contribution < -0.4 is 0 Å². The average Bonchev–Trinajstić information content (AvgIpc) is 2.87. The molecule has 0 unspecified atom stereocenters. The van der Waals surface area contributed by atoms with Gasteiger partial charge in [0.25, 0.3) is 0 Å². The van der Waals surface area contributed by atoms with Crippen molar-refractivity contribution in [3.8, 4) is 0 Å². The van der Waals surface area contributed by atoms with E-state index in [1.54, 1.807) is 0 Å². The van der Waals surface area contributed by atoms with Gasteiger partial charge in [-0.15, -0.1) is 0 Å². The summed E-state index contributed by atoms with van der Waals surface area (Å²) in [5.41, 5.74) is 0.289. The second kappa shape index (κ2) is 2.89. The van der Waals surface area contributed by atoms with Crippen molar-refractivity contribution in [3.63, 3.8) is 0 Å². The number of nitrogens with zero attached hydrogens (tertiary/aromatic N) is 2. The highest BCUT2D eigenvalue weighted by Crippen LogP contribution is 2.47. The zero-order valence-corrected chi connectivity index (χ0v) is 8.55. The molecule has 1 aliphatic heterocycles. The summed E-state index contributed by atoms with van der Waals surface area (Å²) in [4.78, 5) is 15.9. The number of carbonyl (C=O) groups excluding carboxylic acids is 1. The Labute approximate surface area is 79.7 Å². The van der Waals surface area contributed by atoms with Crippen LogP contribution in [0.5, 0.6) is 0 Å². The first kappa shape index (κ1) is 8.85. The van der Waals surface area contributed by atoms with Crippen molar-refractivity contribution >= 4 is 6.03 Å². The van der Waals surface area contributed by atoms with E-state index in [0.29, 0.717) is 0 Å². The quantitative estimate of drug-likeness (QED) is 0.637. The number of hydrogen-bond donors (Lipinski definition) is 0. The van der Waals surface area contributed by atoms with E-state index in [-0.39, 0.29) is 11.6 Å². The predicted octanol–water partition coefficient (Wildman–Crippen LogP) is 1.69. The van der Waals surface area contributed by atoms with E-state index in [4.69, 9.17) is 0 Å². The smallest absolute Gasteiger partial charge is 0.320 e. The summed E-state index contributed by atoms with van der Waals surface area (Å²) in [6.45, 7) is 6.82. The predicted molar refractivity (Wildman–Crippen MR) is 51.6 cm³/mol. The maximum atomic E-state index is 11.9. The average molecular weight is 182 g/mol. The highest BCUT2D eigenvalue weighted by molar-refractivity contribution is 5.76. The maximum Gasteiger partial charge on any atom is 0.320 e. The maximum absolute atomic E-state index is 11.9. The number of hydrogen-bond acceptors (Lipinski definition) is 1. The van der Waals surface area contributed by atoms with Crippen LogP contribution >= 0.6 is 0 Å². The van der Waals surface area contributed by atoms with Crippen LogP contribution in [-0.4, -0.2) is 41.0 Å². The van der Waals surface area contributed by atoms with Crippen molar-refractivity contribution in [2.45, 2.75) is 38.6 Å². The number of amides is 2. The van der Waals surface area contributed by atoms with Crippen LogP contribution in [0.3, 0.4) is 0 Å². The first-order valence-electron chi connectivity index (χ1n) is 5.30. The molecule has 74 valence electrons. The van der Waals surface area contributed by atoms with E-state index < -0.39 is 0 Å². The molecule has 2 amide bonds. The molecule has 2 rings (SSSR count). The zero-order valence-electron chi connectivity index (χ0n) is 8.55. The van der Waals surface area contributed by atoms with Gasteiger partial charge in [-0.2, -0.15) is 0 Å². The Morgan fingerprint density at radius 2 is 1.92 bits per heavy atom. The minimum absolute atomic E-state index is 0.258. The van der Waals surface area contributed by atoms with Gasteiger partial charge >= 0.3 is 6.03 Å². The second-order valence-electron chi connectivity index (χ2n) is 4.08. The summed E-state index contributed by atoms with van der Waals surface area (Å²) in [5.74, 6) is 0. The lowest BCUT2D eigenvalue weighted by Crippen LogP contribution is -2.55. The molecule has 1 saturated carbocycles. The molecule has 3 heteroatoms. The van der Waals surface area contributed by atoms with Gasteiger partial charge in [-0.25, -0.2) is 4.79 Å². The SMILES string of the molecule is CCN1CCC2(CC2)N(CC)C1=O. The molecule has 0 bridgehead atoms. The molecule has 0 N–H and O–H groups in total. The van der Waals surface area contributed by atoms with Crippen LogP contribution in [0.2, 0.25) is 0 Å². The standard InChI is InChI=1S/C10H18N2O/c1-3-11-8-7-10(5-6-10)12(4-2)9(11)13/h3-8H2,1-2H3. The monoisotopic (exact) mass is 182 g/mol. The highest BCUT2D eigenvalue weighted by Gasteiger charge is 2.52. The third-order valence-corrected chi connectivity index (χ3v) is 3.45. The van der Waals surface area contributed by atoms with Crippen molar-refractivity contribution in [2.24, 2.45) is 0 Å². The van der Waals surface area contributed by atoms with E-state index in [1.807, 2.05) is 4.90 Å². The molecule has 0 atom stereocenters. The van der Waals surface area contributed by atoms with Crippen LogP contribution in [0.4, 0.5) is 4.79 Å². The van der Waals surface area contributed by atoms with Crippen molar-refractivity contribution in [1.82, 2.24) is 9.80 Å². The Balaban J connectivity index is 2.12. The van der Waals surface area contributed by atoms with Crippen LogP contribution in [0.25, 0.3) is 0 Å². The van der Waals surface area contributed by atoms with Crippen LogP contribution in [-0.2, 0) is 0 Å². The van der Waals surface area contributed by atoms with Crippen molar-refractivity contribution in [3.05, 3.63) is 0 Å². The summed E-state index contributed by atoms with van der Waals surface area (Å²) >= 11 is 0. The fraction of sp³-hybridized carbons (Fsp3) is 0.900. The summed E-state index contributed by atoms with van der Waals surface area (Å²) in [5, 5.41) is 0. The van der Waals surface area contributed by atoms with Crippen molar-refractivity contribution < 1.29 is 4.79 Å². The lowest BCUT2D eigenvalue weighted by Gasteiger charge is -2.41. The van der Waals surface area contributed by atoms with Gasteiger partial charge in [0.2, 0.25) is 0 Å². The largest absolute Gasteiger partial charge is 0.325 e. The topological polar surface area (TPSA) is 23.6 Å². The fourth-order valence-electron chi connectivity index (χ4n) is 2.38. The van der Waals surface area contributed by atoms with E-state index in [9.17, 15) is 4.79 Å². The van der Waals surface area contributed by atoms with Crippen molar-refractivity contribution in [1.29, 1.82) is 0 Å². The zero-order chi connectivity index (χ0) is 9.47. The Bertz CT molecular complexity index is 223. The fourth-order valence-corrected chi connectivity index (χ4v) is 2.38. The molecule has 1 heterocycles. The lowest BCUT2D eigenvalue weighted by molar-refractivity contribution is 0.0941. The molecular formula is C10H18N2O. The summed E-state index contributed by atoms with van der Waals surface area (Å²) in [7, 11) is 0. The van der Waals surface area contributed by atoms with Gasteiger partial charge in [-0.05, 0) is 33.1 Å². The Hall–Kier alpha value is -0.730. The number of carbonyl (C=O) groups is 1. The molecule has 0 radical (unpaired) electrons. The van der Waals surface area contributed by atoms with Gasteiger partial charge in [0.1, 0.15) is 0 Å². The van der Waals surface area contributed by atoms with E-state index >= 15 is 0 Å². The molecule has 1 spiro atoms. The Morgan fingerprint density at radius 3 is 2.38 bits per heavy atom. The normalized spacial score (nSPS) is 25.5. The van der Waals surface area contributed by atoms with Gasteiger partial charge < -0.3 is 9.80 Å². The van der Waals surface area contributed by atoms with Gasteiger partial charge in [0.15, 0.2) is 0 Å². The number of urea groups is 1. The molecule has 3 nitrogen and oxygen atoms in total. The van der Waals surface area contributed by atoms with Crippen LogP contribution in [0.1, 0.15) is 33.1 Å².